The monoisotopic (exact) mass is 196 g/mol. The van der Waals surface area contributed by atoms with Crippen LogP contribution in [0, 0.1) is 20.8 Å². The molecule has 0 saturated heterocycles. The molecular weight excluding hydrogens is 180 g/mol. The highest BCUT2D eigenvalue weighted by molar-refractivity contribution is 6.17. The van der Waals surface area contributed by atoms with Crippen LogP contribution in [0.5, 0.6) is 0 Å². The van der Waals surface area contributed by atoms with Crippen LogP contribution in [0.25, 0.3) is 0 Å². The van der Waals surface area contributed by atoms with Crippen LogP contribution < -0.4 is 0 Å². The van der Waals surface area contributed by atoms with Crippen LogP contribution in [0.3, 0.4) is 0 Å². The summed E-state index contributed by atoms with van der Waals surface area (Å²) < 4.78 is 0. The Balaban J connectivity index is 3.39. The molecule has 0 nitrogen and oxygen atoms in total. The van der Waals surface area contributed by atoms with Crippen LogP contribution in [0.4, 0.5) is 0 Å². The lowest BCUT2D eigenvalue weighted by molar-refractivity contribution is 1.05. The van der Waals surface area contributed by atoms with Gasteiger partial charge in [0.25, 0.3) is 0 Å². The fourth-order valence-corrected chi connectivity index (χ4v) is 2.43. The van der Waals surface area contributed by atoms with E-state index in [1.54, 1.807) is 0 Å². The zero-order valence-corrected chi connectivity index (χ0v) is 9.63. The van der Waals surface area contributed by atoms with Crippen LogP contribution in [0.1, 0.15) is 34.7 Å². The Hall–Kier alpha value is -0.490. The average molecular weight is 197 g/mol. The predicted molar refractivity (Wildman–Crippen MR) is 59.6 cm³/mol. The number of halogens is 1. The van der Waals surface area contributed by atoms with Crippen LogP contribution >= 0.6 is 11.6 Å². The molecule has 0 aliphatic heterocycles. The number of hydrogen-bond donors (Lipinski definition) is 0. The molecule has 1 rings (SSSR count). The van der Waals surface area contributed by atoms with Crippen molar-refractivity contribution in [2.75, 3.05) is 0 Å². The zero-order valence-electron chi connectivity index (χ0n) is 8.87. The summed E-state index contributed by atoms with van der Waals surface area (Å²) >= 11 is 5.92. The molecule has 1 heteroatoms. The molecule has 0 bridgehead atoms. The van der Waals surface area contributed by atoms with Gasteiger partial charge in [0.05, 0.1) is 0 Å². The van der Waals surface area contributed by atoms with Gasteiger partial charge >= 0.3 is 0 Å². The smallest absolute Gasteiger partial charge is 0.0479 e. The lowest BCUT2D eigenvalue weighted by atomic mass is 9.93. The molecule has 0 unspecified atom stereocenters. The van der Waals surface area contributed by atoms with Crippen LogP contribution in [-0.4, -0.2) is 0 Å². The summed E-state index contributed by atoms with van der Waals surface area (Å²) in [5, 5.41) is 0. The van der Waals surface area contributed by atoms with Gasteiger partial charge in [-0.05, 0) is 55.0 Å². The molecule has 1 aromatic rings. The van der Waals surface area contributed by atoms with Gasteiger partial charge in [0.1, 0.15) is 0 Å². The average Bonchev–Trinajstić information content (AvgIpc) is 2.04. The highest BCUT2D eigenvalue weighted by Crippen LogP contribution is 2.23. The van der Waals surface area contributed by atoms with Crippen molar-refractivity contribution in [1.29, 1.82) is 0 Å². The molecule has 0 aromatic heterocycles. The maximum atomic E-state index is 5.92. The third-order valence-corrected chi connectivity index (χ3v) is 3.04. The first-order chi connectivity index (χ1) is 6.11. The molecular formula is C12H17Cl. The van der Waals surface area contributed by atoms with Gasteiger partial charge in [-0.25, -0.2) is 0 Å². The van der Waals surface area contributed by atoms with Crippen LogP contribution in [0.15, 0.2) is 6.07 Å². The first-order valence-corrected chi connectivity index (χ1v) is 5.29. The normalized spacial score (nSPS) is 10.5. The van der Waals surface area contributed by atoms with Crippen molar-refractivity contribution >= 4 is 11.6 Å². The predicted octanol–water partition coefficient (Wildman–Crippen LogP) is 3.91. The number of alkyl halides is 1. The van der Waals surface area contributed by atoms with Crippen molar-refractivity contribution < 1.29 is 0 Å². The largest absolute Gasteiger partial charge is 0.122 e. The zero-order chi connectivity index (χ0) is 10.0. The SMILES string of the molecule is CCc1c(C)cc(C)c(CCl)c1C. The number of benzene rings is 1. The van der Waals surface area contributed by atoms with E-state index in [1.807, 2.05) is 0 Å². The molecule has 1 aromatic carbocycles. The molecule has 0 aliphatic rings. The molecule has 0 amide bonds. The van der Waals surface area contributed by atoms with Gasteiger partial charge in [0.15, 0.2) is 0 Å². The lowest BCUT2D eigenvalue weighted by Gasteiger charge is -2.14. The van der Waals surface area contributed by atoms with Gasteiger partial charge in [-0.1, -0.05) is 13.0 Å². The van der Waals surface area contributed by atoms with E-state index in [2.05, 4.69) is 33.8 Å². The fourth-order valence-electron chi connectivity index (χ4n) is 2.02. The molecule has 0 fully saturated rings. The third-order valence-electron chi connectivity index (χ3n) is 2.78. The minimum atomic E-state index is 0.630. The molecule has 0 N–H and O–H groups in total. The van der Waals surface area contributed by atoms with Crippen molar-refractivity contribution in [3.63, 3.8) is 0 Å². The highest BCUT2D eigenvalue weighted by Gasteiger charge is 2.08. The van der Waals surface area contributed by atoms with E-state index in [0.717, 1.165) is 6.42 Å². The fraction of sp³-hybridized carbons (Fsp3) is 0.500. The van der Waals surface area contributed by atoms with Crippen molar-refractivity contribution in [2.24, 2.45) is 0 Å². The van der Waals surface area contributed by atoms with Crippen molar-refractivity contribution in [2.45, 2.75) is 40.0 Å². The Morgan fingerprint density at radius 3 is 2.08 bits per heavy atom. The first-order valence-electron chi connectivity index (χ1n) is 4.76. The molecule has 0 atom stereocenters. The quantitative estimate of drug-likeness (QED) is 0.630. The molecule has 0 radical (unpaired) electrons. The van der Waals surface area contributed by atoms with E-state index < -0.39 is 0 Å². The van der Waals surface area contributed by atoms with E-state index in [4.69, 9.17) is 11.6 Å². The summed E-state index contributed by atoms with van der Waals surface area (Å²) in [7, 11) is 0. The van der Waals surface area contributed by atoms with E-state index in [-0.39, 0.29) is 0 Å². The Morgan fingerprint density at radius 2 is 1.62 bits per heavy atom. The topological polar surface area (TPSA) is 0 Å². The van der Waals surface area contributed by atoms with Crippen molar-refractivity contribution in [3.05, 3.63) is 33.9 Å². The summed E-state index contributed by atoms with van der Waals surface area (Å²) in [5.74, 6) is 0.630. The van der Waals surface area contributed by atoms with E-state index in [1.165, 1.54) is 27.8 Å². The summed E-state index contributed by atoms with van der Waals surface area (Å²) in [5.41, 5.74) is 6.87. The second-order valence-electron chi connectivity index (χ2n) is 3.58. The summed E-state index contributed by atoms with van der Waals surface area (Å²) in [6, 6.07) is 2.24. The summed E-state index contributed by atoms with van der Waals surface area (Å²) in [6.07, 6.45) is 1.10. The van der Waals surface area contributed by atoms with Gasteiger partial charge in [0, 0.05) is 5.88 Å². The minimum absolute atomic E-state index is 0.630. The molecule has 13 heavy (non-hydrogen) atoms. The van der Waals surface area contributed by atoms with Gasteiger partial charge in [0.2, 0.25) is 0 Å². The molecule has 72 valence electrons. The third kappa shape index (κ3) is 1.88. The second kappa shape index (κ2) is 4.15. The van der Waals surface area contributed by atoms with Crippen LogP contribution in [-0.2, 0) is 12.3 Å². The van der Waals surface area contributed by atoms with Gasteiger partial charge in [-0.3, -0.25) is 0 Å². The minimum Gasteiger partial charge on any atom is -0.122 e. The van der Waals surface area contributed by atoms with E-state index in [0.29, 0.717) is 5.88 Å². The summed E-state index contributed by atoms with van der Waals surface area (Å²) in [4.78, 5) is 0. The number of rotatable bonds is 2. The van der Waals surface area contributed by atoms with Gasteiger partial charge in [-0.15, -0.1) is 11.6 Å². The number of aryl methyl sites for hydroxylation is 2. The Bertz CT molecular complexity index is 285. The molecule has 0 spiro atoms. The maximum Gasteiger partial charge on any atom is 0.0479 e. The standard InChI is InChI=1S/C12H17Cl/c1-5-11-8(2)6-9(3)12(7-13)10(11)4/h6H,5,7H2,1-4H3. The van der Waals surface area contributed by atoms with Gasteiger partial charge in [-0.2, -0.15) is 0 Å². The molecule has 0 aliphatic carbocycles. The molecule has 0 saturated carbocycles. The first kappa shape index (κ1) is 10.6. The van der Waals surface area contributed by atoms with E-state index >= 15 is 0 Å². The lowest BCUT2D eigenvalue weighted by Crippen LogP contribution is -1.99. The van der Waals surface area contributed by atoms with Gasteiger partial charge < -0.3 is 0 Å². The number of hydrogen-bond acceptors (Lipinski definition) is 0. The Kier molecular flexibility index (Phi) is 3.38. The van der Waals surface area contributed by atoms with Crippen molar-refractivity contribution in [3.8, 4) is 0 Å². The highest BCUT2D eigenvalue weighted by atomic mass is 35.5. The Morgan fingerprint density at radius 1 is 1.08 bits per heavy atom. The summed E-state index contributed by atoms with van der Waals surface area (Å²) in [6.45, 7) is 8.69. The van der Waals surface area contributed by atoms with Crippen molar-refractivity contribution in [1.82, 2.24) is 0 Å². The van der Waals surface area contributed by atoms with Crippen LogP contribution in [0.2, 0.25) is 0 Å². The van der Waals surface area contributed by atoms with E-state index in [9.17, 15) is 0 Å². The second-order valence-corrected chi connectivity index (χ2v) is 3.85. The molecule has 0 heterocycles. The maximum absolute atomic E-state index is 5.92. The Labute approximate surface area is 85.9 Å².